The van der Waals surface area contributed by atoms with E-state index in [0.29, 0.717) is 6.42 Å². The Bertz CT molecular complexity index is 408. The molecule has 148 valence electrons. The second-order valence-corrected chi connectivity index (χ2v) is 6.44. The van der Waals surface area contributed by atoms with Gasteiger partial charge in [-0.2, -0.15) is 0 Å². The Labute approximate surface area is 147 Å². The molecule has 0 bridgehead atoms. The van der Waals surface area contributed by atoms with Gasteiger partial charge in [-0.15, -0.1) is 0 Å². The van der Waals surface area contributed by atoms with Gasteiger partial charge < -0.3 is 40.7 Å². The van der Waals surface area contributed by atoms with Gasteiger partial charge in [0.15, 0.2) is 0 Å². The maximum absolute atomic E-state index is 11.7. The van der Waals surface area contributed by atoms with Crippen LogP contribution >= 0.6 is 0 Å². The van der Waals surface area contributed by atoms with E-state index in [1.807, 2.05) is 0 Å². The second-order valence-electron chi connectivity index (χ2n) is 6.44. The summed E-state index contributed by atoms with van der Waals surface area (Å²) in [7, 11) is 0. The summed E-state index contributed by atoms with van der Waals surface area (Å²) in [6.45, 7) is 2.84. The lowest BCUT2D eigenvalue weighted by Crippen LogP contribution is -2.59. The van der Waals surface area contributed by atoms with Gasteiger partial charge in [-0.1, -0.05) is 13.8 Å². The average molecular weight is 365 g/mol. The van der Waals surface area contributed by atoms with Gasteiger partial charge in [0.2, 0.25) is 5.91 Å². The summed E-state index contributed by atoms with van der Waals surface area (Å²) in [6, 6.07) is -0.755. The largest absolute Gasteiger partial charge is 0.394 e. The molecule has 1 amide bonds. The molecular weight excluding hydrogens is 334 g/mol. The second kappa shape index (κ2) is 10.4. The molecular formula is C16H31NO8. The van der Waals surface area contributed by atoms with Crippen LogP contribution in [0.2, 0.25) is 0 Å². The first-order chi connectivity index (χ1) is 11.8. The van der Waals surface area contributed by atoms with Gasteiger partial charge in [0.1, 0.15) is 24.4 Å². The summed E-state index contributed by atoms with van der Waals surface area (Å²) in [5, 5.41) is 61.5. The molecule has 7 N–H and O–H groups in total. The van der Waals surface area contributed by atoms with E-state index in [4.69, 9.17) is 4.74 Å². The fraction of sp³-hybridized carbons (Fsp3) is 0.938. The number of carbonyl (C=O) groups is 1. The zero-order chi connectivity index (χ0) is 19.1. The highest BCUT2D eigenvalue weighted by Crippen LogP contribution is 2.25. The average Bonchev–Trinajstić information content (AvgIpc) is 2.62. The van der Waals surface area contributed by atoms with Crippen molar-refractivity contribution < 1.29 is 40.2 Å². The van der Waals surface area contributed by atoms with Crippen molar-refractivity contribution in [2.75, 3.05) is 6.61 Å². The van der Waals surface area contributed by atoms with E-state index in [-0.39, 0.29) is 25.2 Å². The number of aliphatic hydroxyl groups excluding tert-OH is 6. The maximum atomic E-state index is 11.7. The van der Waals surface area contributed by atoms with E-state index in [1.165, 1.54) is 0 Å². The summed E-state index contributed by atoms with van der Waals surface area (Å²) in [5.74, 6) is -0.291. The minimum absolute atomic E-state index is 0.142. The third-order valence-electron chi connectivity index (χ3n) is 4.65. The van der Waals surface area contributed by atoms with Gasteiger partial charge in [-0.3, -0.25) is 4.79 Å². The zero-order valence-corrected chi connectivity index (χ0v) is 14.7. The number of carbonyl (C=O) groups excluding carboxylic acids is 1. The van der Waals surface area contributed by atoms with Crippen LogP contribution in [0.15, 0.2) is 0 Å². The molecule has 1 rings (SSSR count). The molecule has 1 heterocycles. The Morgan fingerprint density at radius 1 is 1.08 bits per heavy atom. The number of nitrogens with one attached hydrogen (secondary N) is 1. The van der Waals surface area contributed by atoms with E-state index in [1.54, 1.807) is 13.8 Å². The molecule has 0 radical (unpaired) electrons. The van der Waals surface area contributed by atoms with Crippen LogP contribution in [0.1, 0.15) is 39.5 Å². The van der Waals surface area contributed by atoms with Crippen LogP contribution in [0.3, 0.4) is 0 Å². The molecule has 25 heavy (non-hydrogen) atoms. The quantitative estimate of drug-likeness (QED) is 0.239. The van der Waals surface area contributed by atoms with Crippen LogP contribution in [0.5, 0.6) is 0 Å². The Hall–Kier alpha value is -0.810. The molecule has 0 aromatic carbocycles. The Morgan fingerprint density at radius 2 is 1.68 bits per heavy atom. The lowest BCUT2D eigenvalue weighted by Gasteiger charge is -2.40. The molecule has 8 atom stereocenters. The fourth-order valence-corrected chi connectivity index (χ4v) is 2.91. The molecule has 9 nitrogen and oxygen atoms in total. The van der Waals surface area contributed by atoms with Gasteiger partial charge >= 0.3 is 0 Å². The number of amides is 1. The van der Waals surface area contributed by atoms with Gasteiger partial charge in [0.05, 0.1) is 31.0 Å². The molecule has 0 saturated carbocycles. The Kier molecular flexibility index (Phi) is 9.22. The molecule has 1 aliphatic rings. The molecule has 1 fully saturated rings. The minimum Gasteiger partial charge on any atom is -0.394 e. The predicted octanol–water partition coefficient (Wildman–Crippen LogP) is -2.36. The predicted molar refractivity (Wildman–Crippen MR) is 87.5 cm³/mol. The molecule has 0 unspecified atom stereocenters. The van der Waals surface area contributed by atoms with Crippen molar-refractivity contribution >= 4 is 5.91 Å². The first-order valence-corrected chi connectivity index (χ1v) is 8.72. The first-order valence-electron chi connectivity index (χ1n) is 8.72. The van der Waals surface area contributed by atoms with Gasteiger partial charge in [0.25, 0.3) is 0 Å². The van der Waals surface area contributed by atoms with E-state index in [2.05, 4.69) is 5.32 Å². The number of hydrogen-bond acceptors (Lipinski definition) is 8. The standard InChI is InChI=1S/C16H31NO8/c1-3-9(19)13(21)8(17-12(20)4-2)5-6-10-14(22)16(24)15(23)11(7-18)25-10/h8-11,13-16,18-19,21-24H,3-7H2,1-2H3,(H,17,20)/t8-,9+,10+,11+,13-,14-,15-,16+/m0/s1. The lowest BCUT2D eigenvalue weighted by atomic mass is 9.90. The van der Waals surface area contributed by atoms with Crippen molar-refractivity contribution in [3.05, 3.63) is 0 Å². The highest BCUT2D eigenvalue weighted by atomic mass is 16.5. The SMILES string of the molecule is CCC(=O)N[C@@H](CC[C@H]1O[C@H](CO)[C@H](O)[C@H](O)[C@H]1O)[C@H](O)[C@H](O)CC. The van der Waals surface area contributed by atoms with E-state index < -0.39 is 55.4 Å². The summed E-state index contributed by atoms with van der Waals surface area (Å²) in [5.41, 5.74) is 0. The van der Waals surface area contributed by atoms with Crippen molar-refractivity contribution in [3.63, 3.8) is 0 Å². The van der Waals surface area contributed by atoms with Crippen LogP contribution in [0.25, 0.3) is 0 Å². The number of rotatable bonds is 9. The summed E-state index contributed by atoms with van der Waals surface area (Å²) >= 11 is 0. The molecule has 1 saturated heterocycles. The van der Waals surface area contributed by atoms with Gasteiger partial charge in [-0.25, -0.2) is 0 Å². The van der Waals surface area contributed by atoms with Crippen LogP contribution in [-0.2, 0) is 9.53 Å². The fourth-order valence-electron chi connectivity index (χ4n) is 2.91. The normalized spacial score (nSPS) is 33.5. The highest BCUT2D eigenvalue weighted by Gasteiger charge is 2.43. The highest BCUT2D eigenvalue weighted by molar-refractivity contribution is 5.75. The molecule has 9 heteroatoms. The zero-order valence-electron chi connectivity index (χ0n) is 14.7. The van der Waals surface area contributed by atoms with E-state index in [0.717, 1.165) is 0 Å². The Morgan fingerprint density at radius 3 is 2.20 bits per heavy atom. The van der Waals surface area contributed by atoms with Crippen LogP contribution in [-0.4, -0.2) is 91.9 Å². The monoisotopic (exact) mass is 365 g/mol. The van der Waals surface area contributed by atoms with Crippen LogP contribution in [0.4, 0.5) is 0 Å². The number of hydrogen-bond donors (Lipinski definition) is 7. The van der Waals surface area contributed by atoms with Crippen molar-refractivity contribution in [3.8, 4) is 0 Å². The third kappa shape index (κ3) is 5.85. The van der Waals surface area contributed by atoms with Crippen molar-refractivity contribution in [2.24, 2.45) is 0 Å². The maximum Gasteiger partial charge on any atom is 0.220 e. The van der Waals surface area contributed by atoms with Crippen molar-refractivity contribution in [1.82, 2.24) is 5.32 Å². The topological polar surface area (TPSA) is 160 Å². The summed E-state index contributed by atoms with van der Waals surface area (Å²) in [4.78, 5) is 11.7. The van der Waals surface area contributed by atoms with Crippen molar-refractivity contribution in [1.29, 1.82) is 0 Å². The molecule has 0 spiro atoms. The smallest absolute Gasteiger partial charge is 0.220 e. The number of ether oxygens (including phenoxy) is 1. The summed E-state index contributed by atoms with van der Waals surface area (Å²) in [6.07, 6.45) is -7.52. The lowest BCUT2D eigenvalue weighted by molar-refractivity contribution is -0.231. The number of aliphatic hydroxyl groups is 6. The minimum atomic E-state index is -1.47. The molecule has 0 aliphatic carbocycles. The summed E-state index contributed by atoms with van der Waals surface area (Å²) < 4.78 is 5.41. The third-order valence-corrected chi connectivity index (χ3v) is 4.65. The first kappa shape index (κ1) is 22.2. The van der Waals surface area contributed by atoms with Gasteiger partial charge in [-0.05, 0) is 19.3 Å². The van der Waals surface area contributed by atoms with Crippen LogP contribution < -0.4 is 5.32 Å². The molecule has 0 aromatic rings. The van der Waals surface area contributed by atoms with E-state index >= 15 is 0 Å². The van der Waals surface area contributed by atoms with E-state index in [9.17, 15) is 35.4 Å². The van der Waals surface area contributed by atoms with Gasteiger partial charge in [0, 0.05) is 6.42 Å². The molecule has 1 aliphatic heterocycles. The van der Waals surface area contributed by atoms with Crippen molar-refractivity contribution in [2.45, 2.75) is 88.3 Å². The van der Waals surface area contributed by atoms with Crippen LogP contribution in [0, 0.1) is 0 Å². The Balaban J connectivity index is 2.75. The molecule has 0 aromatic heterocycles.